The van der Waals surface area contributed by atoms with Gasteiger partial charge < -0.3 is 5.32 Å². The van der Waals surface area contributed by atoms with E-state index in [4.69, 9.17) is 0 Å². The van der Waals surface area contributed by atoms with Gasteiger partial charge in [0.05, 0.1) is 11.6 Å². The molecule has 0 aliphatic carbocycles. The Labute approximate surface area is 128 Å². The van der Waals surface area contributed by atoms with Crippen LogP contribution in [0.25, 0.3) is 0 Å². The number of likely N-dealkylation sites (tertiary alicyclic amines) is 1. The van der Waals surface area contributed by atoms with E-state index in [-0.39, 0.29) is 0 Å². The van der Waals surface area contributed by atoms with Gasteiger partial charge in [0.2, 0.25) is 0 Å². The van der Waals surface area contributed by atoms with Crippen molar-refractivity contribution in [1.29, 1.82) is 5.26 Å². The third-order valence-electron chi connectivity index (χ3n) is 5.21. The maximum atomic E-state index is 9.19. The summed E-state index contributed by atoms with van der Waals surface area (Å²) in [4.78, 5) is 2.52. The van der Waals surface area contributed by atoms with Crippen molar-refractivity contribution in [1.82, 2.24) is 10.2 Å². The zero-order valence-electron chi connectivity index (χ0n) is 12.7. The highest BCUT2D eigenvalue weighted by Gasteiger charge is 2.27. The standard InChI is InChI=1S/C18H25N3/c19-13-17-3-1-2-4-18(17)14-21-11-7-16(8-12-21)15-5-9-20-10-6-15/h1-4,15-16,20H,5-12,14H2. The lowest BCUT2D eigenvalue weighted by atomic mass is 9.79. The zero-order valence-corrected chi connectivity index (χ0v) is 12.7. The van der Waals surface area contributed by atoms with Crippen LogP contribution in [0.1, 0.15) is 36.8 Å². The molecule has 3 heteroatoms. The predicted molar refractivity (Wildman–Crippen MR) is 84.8 cm³/mol. The number of rotatable bonds is 3. The first kappa shape index (κ1) is 14.6. The molecular weight excluding hydrogens is 258 g/mol. The Morgan fingerprint density at radius 3 is 2.43 bits per heavy atom. The fraction of sp³-hybridized carbons (Fsp3) is 0.611. The lowest BCUT2D eigenvalue weighted by Crippen LogP contribution is -2.39. The molecule has 0 aromatic heterocycles. The summed E-state index contributed by atoms with van der Waals surface area (Å²) in [5, 5.41) is 12.7. The second kappa shape index (κ2) is 7.06. The average molecular weight is 283 g/mol. The number of hydrogen-bond acceptors (Lipinski definition) is 3. The van der Waals surface area contributed by atoms with E-state index in [0.29, 0.717) is 0 Å². The zero-order chi connectivity index (χ0) is 14.5. The van der Waals surface area contributed by atoms with Gasteiger partial charge in [0.15, 0.2) is 0 Å². The molecule has 2 heterocycles. The highest BCUT2D eigenvalue weighted by atomic mass is 15.1. The van der Waals surface area contributed by atoms with Crippen molar-refractivity contribution in [3.8, 4) is 6.07 Å². The second-order valence-electron chi connectivity index (χ2n) is 6.47. The summed E-state index contributed by atoms with van der Waals surface area (Å²) in [6, 6.07) is 10.3. The van der Waals surface area contributed by atoms with Crippen LogP contribution >= 0.6 is 0 Å². The summed E-state index contributed by atoms with van der Waals surface area (Å²) in [6.45, 7) is 5.73. The molecule has 1 N–H and O–H groups in total. The monoisotopic (exact) mass is 283 g/mol. The molecular formula is C18H25N3. The van der Waals surface area contributed by atoms with Crippen LogP contribution in [0, 0.1) is 23.2 Å². The lowest BCUT2D eigenvalue weighted by molar-refractivity contribution is 0.126. The Bertz CT molecular complexity index is 491. The topological polar surface area (TPSA) is 39.1 Å². The highest BCUT2D eigenvalue weighted by Crippen LogP contribution is 2.31. The summed E-state index contributed by atoms with van der Waals surface area (Å²) in [5.74, 6) is 1.87. The Morgan fingerprint density at radius 1 is 1.05 bits per heavy atom. The molecule has 0 saturated carbocycles. The quantitative estimate of drug-likeness (QED) is 0.927. The van der Waals surface area contributed by atoms with E-state index in [1.165, 1.54) is 57.4 Å². The van der Waals surface area contributed by atoms with Crippen LogP contribution in [-0.4, -0.2) is 31.1 Å². The fourth-order valence-corrected chi connectivity index (χ4v) is 3.91. The minimum Gasteiger partial charge on any atom is -0.317 e. The van der Waals surface area contributed by atoms with E-state index in [1.54, 1.807) is 0 Å². The Kier molecular flexibility index (Phi) is 4.90. The summed E-state index contributed by atoms with van der Waals surface area (Å²) >= 11 is 0. The Morgan fingerprint density at radius 2 is 1.71 bits per heavy atom. The van der Waals surface area contributed by atoms with Crippen LogP contribution in [0.5, 0.6) is 0 Å². The van der Waals surface area contributed by atoms with Crippen molar-refractivity contribution < 1.29 is 0 Å². The molecule has 3 rings (SSSR count). The average Bonchev–Trinajstić information content (AvgIpc) is 2.57. The molecule has 0 radical (unpaired) electrons. The van der Waals surface area contributed by atoms with E-state index >= 15 is 0 Å². The van der Waals surface area contributed by atoms with Crippen LogP contribution in [-0.2, 0) is 6.54 Å². The molecule has 1 aromatic rings. The van der Waals surface area contributed by atoms with E-state index in [0.717, 1.165) is 23.9 Å². The van der Waals surface area contributed by atoms with Crippen molar-refractivity contribution in [2.24, 2.45) is 11.8 Å². The first-order valence-corrected chi connectivity index (χ1v) is 8.28. The highest BCUT2D eigenvalue weighted by molar-refractivity contribution is 5.37. The maximum absolute atomic E-state index is 9.19. The molecule has 3 nitrogen and oxygen atoms in total. The van der Waals surface area contributed by atoms with E-state index < -0.39 is 0 Å². The van der Waals surface area contributed by atoms with E-state index in [2.05, 4.69) is 22.4 Å². The molecule has 1 aromatic carbocycles. The molecule has 2 saturated heterocycles. The van der Waals surface area contributed by atoms with Gasteiger partial charge >= 0.3 is 0 Å². The van der Waals surface area contributed by atoms with Gasteiger partial charge in [-0.25, -0.2) is 0 Å². The van der Waals surface area contributed by atoms with Gasteiger partial charge in [0, 0.05) is 6.54 Å². The van der Waals surface area contributed by atoms with Crippen molar-refractivity contribution in [3.05, 3.63) is 35.4 Å². The first-order valence-electron chi connectivity index (χ1n) is 8.28. The molecule has 2 aliphatic rings. The third kappa shape index (κ3) is 3.64. The first-order chi connectivity index (χ1) is 10.4. The van der Waals surface area contributed by atoms with Gasteiger partial charge in [-0.3, -0.25) is 4.90 Å². The molecule has 0 unspecified atom stereocenters. The van der Waals surface area contributed by atoms with E-state index in [9.17, 15) is 5.26 Å². The minimum absolute atomic E-state index is 0.831. The van der Waals surface area contributed by atoms with Gasteiger partial charge in [-0.1, -0.05) is 18.2 Å². The van der Waals surface area contributed by atoms with Crippen molar-refractivity contribution in [2.45, 2.75) is 32.2 Å². The van der Waals surface area contributed by atoms with Gasteiger partial charge in [-0.15, -0.1) is 0 Å². The van der Waals surface area contributed by atoms with Crippen LogP contribution < -0.4 is 5.32 Å². The molecule has 0 bridgehead atoms. The number of hydrogen-bond donors (Lipinski definition) is 1. The third-order valence-corrected chi connectivity index (χ3v) is 5.21. The number of nitrogens with one attached hydrogen (secondary N) is 1. The largest absolute Gasteiger partial charge is 0.317 e. The summed E-state index contributed by atoms with van der Waals surface area (Å²) in [7, 11) is 0. The van der Waals surface area contributed by atoms with Crippen molar-refractivity contribution >= 4 is 0 Å². The summed E-state index contributed by atoms with van der Waals surface area (Å²) in [5.41, 5.74) is 2.01. The minimum atomic E-state index is 0.831. The van der Waals surface area contributed by atoms with Crippen LogP contribution in [0.3, 0.4) is 0 Å². The van der Waals surface area contributed by atoms with Crippen LogP contribution in [0.15, 0.2) is 24.3 Å². The molecule has 21 heavy (non-hydrogen) atoms. The SMILES string of the molecule is N#Cc1ccccc1CN1CCC(C2CCNCC2)CC1. The molecule has 112 valence electrons. The lowest BCUT2D eigenvalue weighted by Gasteiger charge is -2.37. The van der Waals surface area contributed by atoms with Gasteiger partial charge in [0.25, 0.3) is 0 Å². The molecule has 0 amide bonds. The smallest absolute Gasteiger partial charge is 0.0995 e. The number of benzene rings is 1. The Balaban J connectivity index is 1.53. The molecule has 0 spiro atoms. The molecule has 2 aliphatic heterocycles. The summed E-state index contributed by atoms with van der Waals surface area (Å²) in [6.07, 6.45) is 5.39. The number of piperidine rings is 2. The van der Waals surface area contributed by atoms with Gasteiger partial charge in [0.1, 0.15) is 0 Å². The van der Waals surface area contributed by atoms with Crippen LogP contribution in [0.4, 0.5) is 0 Å². The van der Waals surface area contributed by atoms with Crippen LogP contribution in [0.2, 0.25) is 0 Å². The normalized spacial score (nSPS) is 22.0. The van der Waals surface area contributed by atoms with Gasteiger partial charge in [-0.2, -0.15) is 5.26 Å². The van der Waals surface area contributed by atoms with Gasteiger partial charge in [-0.05, 0) is 75.3 Å². The fourth-order valence-electron chi connectivity index (χ4n) is 3.91. The van der Waals surface area contributed by atoms with Crippen molar-refractivity contribution in [3.63, 3.8) is 0 Å². The summed E-state index contributed by atoms with van der Waals surface area (Å²) < 4.78 is 0. The number of nitriles is 1. The molecule has 2 fully saturated rings. The van der Waals surface area contributed by atoms with Crippen molar-refractivity contribution in [2.75, 3.05) is 26.2 Å². The molecule has 0 atom stereocenters. The van der Waals surface area contributed by atoms with E-state index in [1.807, 2.05) is 18.2 Å². The Hall–Kier alpha value is -1.37. The second-order valence-corrected chi connectivity index (χ2v) is 6.47. The number of nitrogens with zero attached hydrogens (tertiary/aromatic N) is 2. The maximum Gasteiger partial charge on any atom is 0.0995 e. The predicted octanol–water partition coefficient (Wildman–Crippen LogP) is 2.77.